The maximum absolute atomic E-state index is 11.6. The van der Waals surface area contributed by atoms with Crippen molar-refractivity contribution in [3.63, 3.8) is 0 Å². The molecule has 0 saturated heterocycles. The summed E-state index contributed by atoms with van der Waals surface area (Å²) in [7, 11) is 0. The Hall–Kier alpha value is -2.30. The minimum absolute atomic E-state index is 0.129. The summed E-state index contributed by atoms with van der Waals surface area (Å²) in [6.45, 7) is 0. The van der Waals surface area contributed by atoms with Crippen LogP contribution in [0.3, 0.4) is 0 Å². The van der Waals surface area contributed by atoms with E-state index in [9.17, 15) is 4.79 Å². The van der Waals surface area contributed by atoms with Gasteiger partial charge in [-0.15, -0.1) is 0 Å². The van der Waals surface area contributed by atoms with Crippen LogP contribution in [-0.4, -0.2) is 21.0 Å². The molecule has 15 heavy (non-hydrogen) atoms. The lowest BCUT2D eigenvalue weighted by Gasteiger charge is -2.01. The van der Waals surface area contributed by atoms with Gasteiger partial charge in [-0.25, -0.2) is 4.98 Å². The van der Waals surface area contributed by atoms with Crippen molar-refractivity contribution in [2.75, 3.05) is 5.32 Å². The number of hydrogen-bond donors (Lipinski definition) is 3. The lowest BCUT2D eigenvalue weighted by Crippen LogP contribution is -2.12. The third kappa shape index (κ3) is 2.14. The molecule has 1 aromatic heterocycles. The molecule has 2 aromatic rings. The third-order valence-electron chi connectivity index (χ3n) is 1.86. The van der Waals surface area contributed by atoms with E-state index >= 15 is 0 Å². The third-order valence-corrected chi connectivity index (χ3v) is 1.86. The van der Waals surface area contributed by atoms with Gasteiger partial charge in [-0.2, -0.15) is 0 Å². The second-order valence-electron chi connectivity index (χ2n) is 2.94. The van der Waals surface area contributed by atoms with E-state index in [2.05, 4.69) is 15.3 Å². The number of phenolic OH excluding ortho intramolecular Hbond substituents is 1. The van der Waals surface area contributed by atoms with Crippen LogP contribution in [0.5, 0.6) is 5.75 Å². The molecule has 2 rings (SSSR count). The monoisotopic (exact) mass is 203 g/mol. The Morgan fingerprint density at radius 1 is 1.33 bits per heavy atom. The first-order valence-electron chi connectivity index (χ1n) is 4.35. The Morgan fingerprint density at radius 2 is 2.07 bits per heavy atom. The molecule has 1 heterocycles. The number of nitrogens with zero attached hydrogens (tertiary/aromatic N) is 1. The number of hydrogen-bond acceptors (Lipinski definition) is 3. The number of carbonyl (C=O) groups excluding carboxylic acids is 1. The van der Waals surface area contributed by atoms with Crippen molar-refractivity contribution in [3.05, 3.63) is 42.2 Å². The van der Waals surface area contributed by atoms with Gasteiger partial charge in [0.1, 0.15) is 5.75 Å². The van der Waals surface area contributed by atoms with Gasteiger partial charge >= 0.3 is 0 Å². The van der Waals surface area contributed by atoms with Crippen LogP contribution in [0.15, 0.2) is 36.7 Å². The lowest BCUT2D eigenvalue weighted by atomic mass is 10.2. The van der Waals surface area contributed by atoms with Crippen molar-refractivity contribution in [3.8, 4) is 5.75 Å². The van der Waals surface area contributed by atoms with Crippen molar-refractivity contribution >= 4 is 11.9 Å². The standard InChI is InChI=1S/C10H9N3O2/c14-8-3-1-7(2-4-8)9(15)13-10-11-5-6-12-10/h1-6,14H,(H2,11,12,13,15). The van der Waals surface area contributed by atoms with Gasteiger partial charge in [0.15, 0.2) is 0 Å². The van der Waals surface area contributed by atoms with Gasteiger partial charge in [-0.1, -0.05) is 0 Å². The number of nitrogens with one attached hydrogen (secondary N) is 2. The van der Waals surface area contributed by atoms with Gasteiger partial charge < -0.3 is 10.1 Å². The van der Waals surface area contributed by atoms with Crippen LogP contribution in [-0.2, 0) is 0 Å². The molecule has 0 atom stereocenters. The average molecular weight is 203 g/mol. The van der Waals surface area contributed by atoms with Gasteiger partial charge in [0, 0.05) is 18.0 Å². The fourth-order valence-electron chi connectivity index (χ4n) is 1.13. The van der Waals surface area contributed by atoms with Crippen molar-refractivity contribution in [2.24, 2.45) is 0 Å². The van der Waals surface area contributed by atoms with Crippen molar-refractivity contribution < 1.29 is 9.90 Å². The molecule has 0 spiro atoms. The summed E-state index contributed by atoms with van der Waals surface area (Å²) in [5.74, 6) is 0.252. The van der Waals surface area contributed by atoms with Crippen LogP contribution in [0, 0.1) is 0 Å². The zero-order valence-corrected chi connectivity index (χ0v) is 7.77. The molecule has 0 radical (unpaired) electrons. The first-order valence-corrected chi connectivity index (χ1v) is 4.35. The molecule has 1 aromatic carbocycles. The van der Waals surface area contributed by atoms with Gasteiger partial charge in [-0.05, 0) is 24.3 Å². The second-order valence-corrected chi connectivity index (χ2v) is 2.94. The highest BCUT2D eigenvalue weighted by Crippen LogP contribution is 2.10. The van der Waals surface area contributed by atoms with Gasteiger partial charge in [0.25, 0.3) is 5.91 Å². The second kappa shape index (κ2) is 3.83. The molecular formula is C10H9N3O2. The van der Waals surface area contributed by atoms with Crippen molar-refractivity contribution in [2.45, 2.75) is 0 Å². The summed E-state index contributed by atoms with van der Waals surface area (Å²) in [5, 5.41) is 11.6. The Balaban J connectivity index is 2.11. The Labute approximate surface area is 85.8 Å². The number of H-pyrrole nitrogens is 1. The highest BCUT2D eigenvalue weighted by atomic mass is 16.3. The van der Waals surface area contributed by atoms with Gasteiger partial charge in [-0.3, -0.25) is 10.1 Å². The first-order chi connectivity index (χ1) is 7.25. The van der Waals surface area contributed by atoms with E-state index in [1.54, 1.807) is 12.4 Å². The molecule has 3 N–H and O–H groups in total. The average Bonchev–Trinajstić information content (AvgIpc) is 2.71. The molecule has 0 fully saturated rings. The summed E-state index contributed by atoms with van der Waals surface area (Å²) in [5.41, 5.74) is 0.462. The number of carbonyl (C=O) groups is 1. The van der Waals surface area contributed by atoms with E-state index in [0.29, 0.717) is 11.5 Å². The molecule has 5 heteroatoms. The number of anilines is 1. The summed E-state index contributed by atoms with van der Waals surface area (Å²) in [6.07, 6.45) is 3.17. The lowest BCUT2D eigenvalue weighted by molar-refractivity contribution is 0.102. The molecule has 0 aliphatic heterocycles. The molecule has 76 valence electrons. The summed E-state index contributed by atoms with van der Waals surface area (Å²) >= 11 is 0. The SMILES string of the molecule is O=C(Nc1ncc[nH]1)c1ccc(O)cc1. The molecule has 1 amide bonds. The van der Waals surface area contributed by atoms with E-state index in [0.717, 1.165) is 0 Å². The van der Waals surface area contributed by atoms with Crippen molar-refractivity contribution in [1.29, 1.82) is 0 Å². The predicted molar refractivity (Wildman–Crippen MR) is 54.6 cm³/mol. The molecule has 5 nitrogen and oxygen atoms in total. The summed E-state index contributed by atoms with van der Waals surface area (Å²) < 4.78 is 0. The van der Waals surface area contributed by atoms with E-state index in [-0.39, 0.29) is 11.7 Å². The molecule has 0 unspecified atom stereocenters. The first kappa shape index (κ1) is 9.26. The number of imidazole rings is 1. The molecule has 0 saturated carbocycles. The number of benzene rings is 1. The number of aromatic nitrogens is 2. The fourth-order valence-corrected chi connectivity index (χ4v) is 1.13. The largest absolute Gasteiger partial charge is 0.508 e. The zero-order chi connectivity index (χ0) is 10.7. The highest BCUT2D eigenvalue weighted by molar-refractivity contribution is 6.03. The Morgan fingerprint density at radius 3 is 2.67 bits per heavy atom. The zero-order valence-electron chi connectivity index (χ0n) is 7.77. The quantitative estimate of drug-likeness (QED) is 0.689. The number of aromatic hydroxyl groups is 1. The maximum atomic E-state index is 11.6. The number of aromatic amines is 1. The topological polar surface area (TPSA) is 78.0 Å². The van der Waals surface area contributed by atoms with Gasteiger partial charge in [0.05, 0.1) is 0 Å². The van der Waals surface area contributed by atoms with Crippen LogP contribution in [0.2, 0.25) is 0 Å². The normalized spacial score (nSPS) is 9.87. The van der Waals surface area contributed by atoms with Crippen LogP contribution < -0.4 is 5.32 Å². The van der Waals surface area contributed by atoms with Crippen LogP contribution >= 0.6 is 0 Å². The smallest absolute Gasteiger partial charge is 0.257 e. The highest BCUT2D eigenvalue weighted by Gasteiger charge is 2.06. The predicted octanol–water partition coefficient (Wildman–Crippen LogP) is 1.37. The molecule has 0 bridgehead atoms. The van der Waals surface area contributed by atoms with E-state index < -0.39 is 0 Å². The van der Waals surface area contributed by atoms with E-state index in [1.807, 2.05) is 0 Å². The van der Waals surface area contributed by atoms with Crippen molar-refractivity contribution in [1.82, 2.24) is 9.97 Å². The fraction of sp³-hybridized carbons (Fsp3) is 0. The van der Waals surface area contributed by atoms with Crippen LogP contribution in [0.1, 0.15) is 10.4 Å². The van der Waals surface area contributed by atoms with Crippen LogP contribution in [0.4, 0.5) is 5.95 Å². The van der Waals surface area contributed by atoms with E-state index in [4.69, 9.17) is 5.11 Å². The molecule has 0 aliphatic carbocycles. The van der Waals surface area contributed by atoms with E-state index in [1.165, 1.54) is 24.3 Å². The van der Waals surface area contributed by atoms with Gasteiger partial charge in [0.2, 0.25) is 5.95 Å². The van der Waals surface area contributed by atoms with Crippen LogP contribution in [0.25, 0.3) is 0 Å². The summed E-state index contributed by atoms with van der Waals surface area (Å²) in [6, 6.07) is 5.98. The Bertz CT molecular complexity index is 448. The Kier molecular flexibility index (Phi) is 2.37. The number of rotatable bonds is 2. The summed E-state index contributed by atoms with van der Waals surface area (Å²) in [4.78, 5) is 18.2. The maximum Gasteiger partial charge on any atom is 0.257 e. The minimum atomic E-state index is -0.273. The number of amides is 1. The molecular weight excluding hydrogens is 194 g/mol. The molecule has 0 aliphatic rings. The number of phenols is 1. The minimum Gasteiger partial charge on any atom is -0.508 e.